The van der Waals surface area contributed by atoms with Crippen molar-refractivity contribution in [3.8, 4) is 11.3 Å². The summed E-state index contributed by atoms with van der Waals surface area (Å²) < 4.78 is 2.16. The van der Waals surface area contributed by atoms with Crippen molar-refractivity contribution < 1.29 is 0 Å². The van der Waals surface area contributed by atoms with E-state index in [-0.39, 0.29) is 0 Å². The molecule has 0 amide bonds. The summed E-state index contributed by atoms with van der Waals surface area (Å²) in [4.78, 5) is 9.40. The Morgan fingerprint density at radius 3 is 2.67 bits per heavy atom. The van der Waals surface area contributed by atoms with Crippen LogP contribution < -0.4 is 5.73 Å². The lowest BCUT2D eigenvalue weighted by Gasteiger charge is -2.34. The number of benzene rings is 1. The second-order valence-electron chi connectivity index (χ2n) is 7.15. The van der Waals surface area contributed by atoms with Crippen LogP contribution in [-0.2, 0) is 0 Å². The van der Waals surface area contributed by atoms with E-state index in [9.17, 15) is 0 Å². The summed E-state index contributed by atoms with van der Waals surface area (Å²) >= 11 is 0. The Labute approximate surface area is 140 Å². The predicted molar refractivity (Wildman–Crippen MR) is 93.5 cm³/mol. The van der Waals surface area contributed by atoms with E-state index in [4.69, 9.17) is 15.8 Å². The number of nitrogens with zero attached hydrogens (tertiary/aromatic N) is 4. The van der Waals surface area contributed by atoms with Gasteiger partial charge in [-0.15, -0.1) is 0 Å². The van der Waals surface area contributed by atoms with Crippen molar-refractivity contribution in [2.75, 3.05) is 6.54 Å². The Balaban J connectivity index is 1.54. The van der Waals surface area contributed by atoms with E-state index >= 15 is 0 Å². The molecule has 0 radical (unpaired) electrons. The minimum atomic E-state index is 0.498. The quantitative estimate of drug-likeness (QED) is 0.801. The SMILES string of the molecule is NC[C@H]1C[C@H](n2cc(-c3cnc4ccccc4n3)c(C3CC3)n2)C1. The first-order valence-corrected chi connectivity index (χ1v) is 8.83. The molecular weight excluding hydrogens is 298 g/mol. The molecule has 0 unspecified atom stereocenters. The zero-order valence-corrected chi connectivity index (χ0v) is 13.6. The molecule has 0 atom stereocenters. The molecule has 2 fully saturated rings. The standard InChI is InChI=1S/C19H21N5/c20-9-12-7-14(8-12)24-11-15(19(23-24)13-5-6-13)18-10-21-16-3-1-2-4-17(16)22-18/h1-4,10-14H,5-9,20H2/t12-,14-. The van der Waals surface area contributed by atoms with Gasteiger partial charge in [-0.25, -0.2) is 4.98 Å². The van der Waals surface area contributed by atoms with Crippen molar-refractivity contribution in [1.29, 1.82) is 0 Å². The van der Waals surface area contributed by atoms with E-state index in [0.717, 1.165) is 41.7 Å². The molecule has 2 aliphatic carbocycles. The minimum absolute atomic E-state index is 0.498. The van der Waals surface area contributed by atoms with Crippen molar-refractivity contribution in [2.24, 2.45) is 11.7 Å². The summed E-state index contributed by atoms with van der Waals surface area (Å²) in [7, 11) is 0. The summed E-state index contributed by atoms with van der Waals surface area (Å²) in [5.41, 5.74) is 10.9. The van der Waals surface area contributed by atoms with Gasteiger partial charge in [0.05, 0.1) is 34.7 Å². The van der Waals surface area contributed by atoms with Crippen LogP contribution in [0.15, 0.2) is 36.7 Å². The first kappa shape index (κ1) is 14.1. The number of para-hydroxylation sites is 2. The van der Waals surface area contributed by atoms with Gasteiger partial charge in [-0.2, -0.15) is 5.10 Å². The van der Waals surface area contributed by atoms with Gasteiger partial charge in [0.1, 0.15) is 0 Å². The maximum absolute atomic E-state index is 5.76. The van der Waals surface area contributed by atoms with Crippen LogP contribution >= 0.6 is 0 Å². The Hall–Kier alpha value is -2.27. The van der Waals surface area contributed by atoms with Crippen LogP contribution in [0.4, 0.5) is 0 Å². The molecule has 5 rings (SSSR count). The normalized spacial score (nSPS) is 23.4. The van der Waals surface area contributed by atoms with Gasteiger partial charge >= 0.3 is 0 Å². The topological polar surface area (TPSA) is 69.6 Å². The molecule has 3 aromatic rings. The summed E-state index contributed by atoms with van der Waals surface area (Å²) in [6.45, 7) is 0.788. The lowest BCUT2D eigenvalue weighted by atomic mass is 9.80. The van der Waals surface area contributed by atoms with Gasteiger partial charge in [0, 0.05) is 17.7 Å². The number of hydrogen-bond acceptors (Lipinski definition) is 4. The molecular formula is C19H21N5. The number of rotatable bonds is 4. The van der Waals surface area contributed by atoms with Crippen molar-refractivity contribution in [2.45, 2.75) is 37.6 Å². The maximum Gasteiger partial charge on any atom is 0.0927 e. The molecule has 122 valence electrons. The van der Waals surface area contributed by atoms with Crippen LogP contribution in [0.2, 0.25) is 0 Å². The molecule has 5 heteroatoms. The number of fused-ring (bicyclic) bond motifs is 1. The molecule has 2 aliphatic rings. The van der Waals surface area contributed by atoms with Crippen LogP contribution in [0.5, 0.6) is 0 Å². The van der Waals surface area contributed by atoms with Gasteiger partial charge in [-0.3, -0.25) is 9.67 Å². The molecule has 2 aromatic heterocycles. The third-order valence-electron chi connectivity index (χ3n) is 5.37. The summed E-state index contributed by atoms with van der Waals surface area (Å²) in [5, 5.41) is 4.93. The Morgan fingerprint density at radius 2 is 1.92 bits per heavy atom. The van der Waals surface area contributed by atoms with E-state index in [1.165, 1.54) is 18.5 Å². The fraction of sp³-hybridized carbons (Fsp3) is 0.421. The highest BCUT2D eigenvalue weighted by Crippen LogP contribution is 2.45. The number of nitrogens with two attached hydrogens (primary N) is 1. The first-order chi connectivity index (χ1) is 11.8. The van der Waals surface area contributed by atoms with Crippen molar-refractivity contribution >= 4 is 11.0 Å². The predicted octanol–water partition coefficient (Wildman–Crippen LogP) is 3.28. The Kier molecular flexibility index (Phi) is 3.16. The molecule has 5 nitrogen and oxygen atoms in total. The van der Waals surface area contributed by atoms with Gasteiger partial charge in [-0.05, 0) is 50.3 Å². The largest absolute Gasteiger partial charge is 0.330 e. The number of aromatic nitrogens is 4. The zero-order chi connectivity index (χ0) is 16.1. The Morgan fingerprint density at radius 1 is 1.12 bits per heavy atom. The van der Waals surface area contributed by atoms with Crippen molar-refractivity contribution in [1.82, 2.24) is 19.7 Å². The van der Waals surface area contributed by atoms with Crippen molar-refractivity contribution in [3.63, 3.8) is 0 Å². The molecule has 2 saturated carbocycles. The summed E-state index contributed by atoms with van der Waals surface area (Å²) in [6.07, 6.45) is 8.83. The Bertz CT molecular complexity index is 890. The van der Waals surface area contributed by atoms with Gasteiger partial charge in [0.2, 0.25) is 0 Å². The van der Waals surface area contributed by atoms with E-state index in [1.54, 1.807) is 0 Å². The van der Waals surface area contributed by atoms with Gasteiger partial charge in [0.15, 0.2) is 0 Å². The number of hydrogen-bond donors (Lipinski definition) is 1. The highest BCUT2D eigenvalue weighted by Gasteiger charge is 2.34. The average molecular weight is 319 g/mol. The molecule has 0 spiro atoms. The van der Waals surface area contributed by atoms with Crippen LogP contribution in [0.3, 0.4) is 0 Å². The lowest BCUT2D eigenvalue weighted by Crippen LogP contribution is -2.32. The highest BCUT2D eigenvalue weighted by atomic mass is 15.3. The van der Waals surface area contributed by atoms with Gasteiger partial charge < -0.3 is 5.73 Å². The van der Waals surface area contributed by atoms with E-state index in [1.807, 2.05) is 30.5 Å². The van der Waals surface area contributed by atoms with Crippen molar-refractivity contribution in [3.05, 3.63) is 42.4 Å². The van der Waals surface area contributed by atoms with E-state index in [2.05, 4.69) is 15.9 Å². The van der Waals surface area contributed by atoms with Crippen LogP contribution in [0, 0.1) is 5.92 Å². The van der Waals surface area contributed by atoms with E-state index < -0.39 is 0 Å². The second kappa shape index (κ2) is 5.38. The molecule has 2 N–H and O–H groups in total. The smallest absolute Gasteiger partial charge is 0.0927 e. The monoisotopic (exact) mass is 319 g/mol. The lowest BCUT2D eigenvalue weighted by molar-refractivity contribution is 0.189. The maximum atomic E-state index is 5.76. The molecule has 24 heavy (non-hydrogen) atoms. The average Bonchev–Trinajstić information content (AvgIpc) is 3.33. The van der Waals surface area contributed by atoms with Crippen LogP contribution in [0.25, 0.3) is 22.3 Å². The molecule has 0 bridgehead atoms. The summed E-state index contributed by atoms with van der Waals surface area (Å²) in [6, 6.07) is 8.52. The highest BCUT2D eigenvalue weighted by molar-refractivity contribution is 5.77. The molecule has 0 saturated heterocycles. The minimum Gasteiger partial charge on any atom is -0.330 e. The van der Waals surface area contributed by atoms with Crippen LogP contribution in [-0.4, -0.2) is 26.3 Å². The third kappa shape index (κ3) is 2.31. The first-order valence-electron chi connectivity index (χ1n) is 8.83. The van der Waals surface area contributed by atoms with Gasteiger partial charge in [-0.1, -0.05) is 12.1 Å². The molecule has 0 aliphatic heterocycles. The molecule has 2 heterocycles. The zero-order valence-electron chi connectivity index (χ0n) is 13.6. The molecule has 1 aromatic carbocycles. The fourth-order valence-electron chi connectivity index (χ4n) is 3.64. The van der Waals surface area contributed by atoms with E-state index in [0.29, 0.717) is 17.9 Å². The third-order valence-corrected chi connectivity index (χ3v) is 5.37. The fourth-order valence-corrected chi connectivity index (χ4v) is 3.64. The van der Waals surface area contributed by atoms with Gasteiger partial charge in [0.25, 0.3) is 0 Å². The van der Waals surface area contributed by atoms with Crippen LogP contribution in [0.1, 0.15) is 43.3 Å². The second-order valence-corrected chi connectivity index (χ2v) is 7.15. The summed E-state index contributed by atoms with van der Waals surface area (Å²) in [5.74, 6) is 1.26.